The molecule has 0 nitrogen and oxygen atoms in total. The fraction of sp³-hybridized carbons (Fsp3) is 0.714. The highest BCUT2D eigenvalue weighted by molar-refractivity contribution is 6.67. The van der Waals surface area contributed by atoms with Gasteiger partial charge in [0.15, 0.2) is 6.71 Å². The standard InChI is InChI=1S/C14H25B/c1-11-8-12(9-11)15(7)10-14(5,6)13(2,3)4/h8-9H,10H2,1-7H3. The first-order valence-corrected chi connectivity index (χ1v) is 6.03. The van der Waals surface area contributed by atoms with Gasteiger partial charge in [-0.25, -0.2) is 0 Å². The molecule has 1 rings (SSSR count). The maximum absolute atomic E-state index is 2.39. The smallest absolute Gasteiger partial charge is 0.0817 e. The Morgan fingerprint density at radius 3 is 1.87 bits per heavy atom. The van der Waals surface area contributed by atoms with Crippen molar-refractivity contribution in [2.24, 2.45) is 10.8 Å². The minimum atomic E-state index is 0.379. The Morgan fingerprint density at radius 1 is 1.07 bits per heavy atom. The largest absolute Gasteiger partial charge is 0.173 e. The van der Waals surface area contributed by atoms with Crippen LogP contribution < -0.4 is 0 Å². The Hall–Kier alpha value is -0.455. The summed E-state index contributed by atoms with van der Waals surface area (Å²) in [7, 11) is 0. The van der Waals surface area contributed by atoms with Crippen LogP contribution in [0.25, 0.3) is 0 Å². The molecule has 0 aliphatic heterocycles. The van der Waals surface area contributed by atoms with E-state index >= 15 is 0 Å². The highest BCUT2D eigenvalue weighted by atomic mass is 14.4. The van der Waals surface area contributed by atoms with Crippen molar-refractivity contribution in [3.05, 3.63) is 23.2 Å². The lowest BCUT2D eigenvalue weighted by Gasteiger charge is -2.41. The first-order chi connectivity index (χ1) is 6.63. The van der Waals surface area contributed by atoms with Crippen LogP contribution in [0.5, 0.6) is 0 Å². The van der Waals surface area contributed by atoms with E-state index in [4.69, 9.17) is 0 Å². The van der Waals surface area contributed by atoms with Gasteiger partial charge in [0, 0.05) is 0 Å². The highest BCUT2D eigenvalue weighted by Gasteiger charge is 2.35. The van der Waals surface area contributed by atoms with E-state index in [0.29, 0.717) is 17.5 Å². The molecule has 0 aromatic heterocycles. The fourth-order valence-electron chi connectivity index (χ4n) is 1.99. The molecule has 15 heavy (non-hydrogen) atoms. The van der Waals surface area contributed by atoms with Gasteiger partial charge in [-0.3, -0.25) is 0 Å². The molecule has 84 valence electrons. The first-order valence-electron chi connectivity index (χ1n) is 6.03. The van der Waals surface area contributed by atoms with Crippen molar-refractivity contribution in [3.8, 4) is 0 Å². The molecule has 0 aromatic carbocycles. The average molecular weight is 204 g/mol. The van der Waals surface area contributed by atoms with Gasteiger partial charge < -0.3 is 0 Å². The predicted molar refractivity (Wildman–Crippen MR) is 71.5 cm³/mol. The van der Waals surface area contributed by atoms with Crippen LogP contribution in [0, 0.1) is 10.8 Å². The summed E-state index contributed by atoms with van der Waals surface area (Å²) in [5.74, 6) is 0. The zero-order valence-corrected chi connectivity index (χ0v) is 11.4. The van der Waals surface area contributed by atoms with Gasteiger partial charge in [0.2, 0.25) is 0 Å². The van der Waals surface area contributed by atoms with Crippen molar-refractivity contribution in [1.82, 2.24) is 0 Å². The zero-order valence-electron chi connectivity index (χ0n) is 11.4. The van der Waals surface area contributed by atoms with Gasteiger partial charge in [-0.15, -0.1) is 0 Å². The van der Waals surface area contributed by atoms with E-state index in [1.807, 2.05) is 0 Å². The summed E-state index contributed by atoms with van der Waals surface area (Å²) in [5.41, 5.74) is 3.73. The van der Waals surface area contributed by atoms with Gasteiger partial charge in [-0.05, 0) is 17.8 Å². The van der Waals surface area contributed by atoms with E-state index in [1.54, 1.807) is 0 Å². The van der Waals surface area contributed by atoms with E-state index in [2.05, 4.69) is 60.5 Å². The molecule has 0 fully saturated rings. The normalized spacial score (nSPS) is 16.7. The second kappa shape index (κ2) is 3.85. The predicted octanol–water partition coefficient (Wildman–Crippen LogP) is 4.61. The summed E-state index contributed by atoms with van der Waals surface area (Å²) in [6.07, 6.45) is 5.92. The minimum absolute atomic E-state index is 0.379. The molecule has 0 heterocycles. The van der Waals surface area contributed by atoms with Gasteiger partial charge in [0.05, 0.1) is 0 Å². The second-order valence-electron chi connectivity index (χ2n) is 6.77. The van der Waals surface area contributed by atoms with E-state index in [-0.39, 0.29) is 0 Å². The van der Waals surface area contributed by atoms with Gasteiger partial charge in [0.25, 0.3) is 0 Å². The third kappa shape index (κ3) is 2.77. The zero-order chi connectivity index (χ0) is 11.9. The Morgan fingerprint density at radius 2 is 1.53 bits per heavy atom. The molecule has 0 unspecified atom stereocenters. The maximum Gasteiger partial charge on any atom is 0.173 e. The monoisotopic (exact) mass is 204 g/mol. The van der Waals surface area contributed by atoms with Crippen molar-refractivity contribution >= 4 is 6.71 Å². The van der Waals surface area contributed by atoms with Crippen molar-refractivity contribution < 1.29 is 0 Å². The molecule has 0 bridgehead atoms. The molecule has 0 amide bonds. The molecule has 0 aromatic rings. The summed E-state index contributed by atoms with van der Waals surface area (Å²) < 4.78 is 0. The molecule has 1 aliphatic rings. The van der Waals surface area contributed by atoms with Crippen molar-refractivity contribution in [2.45, 2.75) is 54.7 Å². The second-order valence-corrected chi connectivity index (χ2v) is 6.77. The summed E-state index contributed by atoms with van der Waals surface area (Å²) in [6.45, 7) is 17.0. The van der Waals surface area contributed by atoms with E-state index < -0.39 is 0 Å². The lowest BCUT2D eigenvalue weighted by atomic mass is 9.37. The highest BCUT2D eigenvalue weighted by Crippen LogP contribution is 2.43. The van der Waals surface area contributed by atoms with Crippen LogP contribution in [0.2, 0.25) is 13.1 Å². The van der Waals surface area contributed by atoms with Crippen LogP contribution in [-0.2, 0) is 0 Å². The van der Waals surface area contributed by atoms with Crippen molar-refractivity contribution in [3.63, 3.8) is 0 Å². The molecular weight excluding hydrogens is 179 g/mol. The Kier molecular flexibility index (Phi) is 3.23. The SMILES string of the molecule is CB(CC(C)(C)C(C)(C)C)C1=CC(C)=C1. The van der Waals surface area contributed by atoms with E-state index in [9.17, 15) is 0 Å². The van der Waals surface area contributed by atoms with Crippen LogP contribution in [0.15, 0.2) is 23.2 Å². The lowest BCUT2D eigenvalue weighted by Crippen LogP contribution is -2.34. The van der Waals surface area contributed by atoms with Crippen LogP contribution in [0.3, 0.4) is 0 Å². The summed E-state index contributed by atoms with van der Waals surface area (Å²) in [5, 5.41) is 0. The summed E-state index contributed by atoms with van der Waals surface area (Å²) in [4.78, 5) is 0. The number of hydrogen-bond acceptors (Lipinski definition) is 0. The molecule has 0 saturated carbocycles. The molecule has 0 radical (unpaired) electrons. The van der Waals surface area contributed by atoms with Crippen molar-refractivity contribution in [2.75, 3.05) is 0 Å². The van der Waals surface area contributed by atoms with Crippen LogP contribution in [0.4, 0.5) is 0 Å². The maximum atomic E-state index is 2.39. The molecule has 0 spiro atoms. The Balaban J connectivity index is 2.59. The van der Waals surface area contributed by atoms with Gasteiger partial charge >= 0.3 is 0 Å². The number of rotatable bonds is 3. The molecule has 0 saturated heterocycles. The molecule has 0 N–H and O–H groups in total. The third-order valence-electron chi connectivity index (χ3n) is 4.20. The van der Waals surface area contributed by atoms with Crippen LogP contribution >= 0.6 is 0 Å². The Bertz CT molecular complexity index is 300. The lowest BCUT2D eigenvalue weighted by molar-refractivity contribution is 0.156. The van der Waals surface area contributed by atoms with Crippen LogP contribution in [0.1, 0.15) is 41.5 Å². The quantitative estimate of drug-likeness (QED) is 0.589. The minimum Gasteiger partial charge on any atom is -0.0817 e. The Labute approximate surface area is 95.9 Å². The molecule has 0 atom stereocenters. The third-order valence-corrected chi connectivity index (χ3v) is 4.20. The van der Waals surface area contributed by atoms with Gasteiger partial charge in [-0.2, -0.15) is 0 Å². The first kappa shape index (κ1) is 12.6. The fourth-order valence-corrected chi connectivity index (χ4v) is 1.99. The summed E-state index contributed by atoms with van der Waals surface area (Å²) in [6, 6.07) is 0. The topological polar surface area (TPSA) is 0 Å². The van der Waals surface area contributed by atoms with Crippen LogP contribution in [-0.4, -0.2) is 6.71 Å². The average Bonchev–Trinajstić information content (AvgIpc) is 1.95. The van der Waals surface area contributed by atoms with Gasteiger partial charge in [0.1, 0.15) is 0 Å². The van der Waals surface area contributed by atoms with E-state index in [0.717, 1.165) is 0 Å². The number of allylic oxidation sites excluding steroid dienone is 4. The van der Waals surface area contributed by atoms with Crippen molar-refractivity contribution in [1.29, 1.82) is 0 Å². The summed E-state index contributed by atoms with van der Waals surface area (Å²) >= 11 is 0. The number of hydrogen-bond donors (Lipinski definition) is 0. The van der Waals surface area contributed by atoms with E-state index in [1.165, 1.54) is 17.4 Å². The molecular formula is C14H25B. The van der Waals surface area contributed by atoms with Gasteiger partial charge in [-0.1, -0.05) is 71.0 Å². The molecule has 1 aliphatic carbocycles. The molecule has 1 heteroatoms.